The van der Waals surface area contributed by atoms with Crippen LogP contribution in [-0.4, -0.2) is 13.2 Å². The molecule has 0 unspecified atom stereocenters. The molecule has 1 heteroatoms. The third-order valence-corrected chi connectivity index (χ3v) is 11.9. The van der Waals surface area contributed by atoms with Gasteiger partial charge in [-0.05, 0) is 104 Å². The second kappa shape index (κ2) is 6.85. The molecule has 5 fully saturated rings. The summed E-state index contributed by atoms with van der Waals surface area (Å²) in [5.41, 5.74) is 1.70. The van der Waals surface area contributed by atoms with Crippen molar-refractivity contribution >= 4 is 0 Å². The van der Waals surface area contributed by atoms with Gasteiger partial charge in [-0.15, -0.1) is 0 Å². The van der Waals surface area contributed by atoms with Crippen molar-refractivity contribution < 1.29 is 4.74 Å². The first-order valence-corrected chi connectivity index (χ1v) is 13.0. The topological polar surface area (TPSA) is 9.23 Å². The van der Waals surface area contributed by atoms with Crippen molar-refractivity contribution in [1.82, 2.24) is 0 Å². The van der Waals surface area contributed by atoms with Crippen LogP contribution in [0.25, 0.3) is 0 Å². The highest BCUT2D eigenvalue weighted by atomic mass is 16.5. The molecule has 1 spiro atoms. The lowest BCUT2D eigenvalue weighted by Crippen LogP contribution is -2.57. The highest BCUT2D eigenvalue weighted by molar-refractivity contribution is 5.26. The van der Waals surface area contributed by atoms with Gasteiger partial charge in [-0.25, -0.2) is 0 Å². The Labute approximate surface area is 180 Å². The fourth-order valence-electron chi connectivity index (χ4n) is 10.1. The van der Waals surface area contributed by atoms with Crippen LogP contribution >= 0.6 is 0 Å². The van der Waals surface area contributed by atoms with E-state index in [9.17, 15) is 0 Å². The molecule has 0 aliphatic heterocycles. The summed E-state index contributed by atoms with van der Waals surface area (Å²) in [7, 11) is 2.02. The molecule has 0 N–H and O–H groups in total. The highest BCUT2D eigenvalue weighted by Gasteiger charge is 2.77. The van der Waals surface area contributed by atoms with E-state index in [4.69, 9.17) is 4.74 Å². The van der Waals surface area contributed by atoms with E-state index in [0.717, 1.165) is 41.4 Å². The maximum atomic E-state index is 6.29. The molecule has 1 nitrogen and oxygen atoms in total. The van der Waals surface area contributed by atoms with Crippen molar-refractivity contribution in [1.29, 1.82) is 0 Å². The minimum Gasteiger partial charge on any atom is -0.381 e. The number of hydrogen-bond acceptors (Lipinski definition) is 1. The second-order valence-corrected chi connectivity index (χ2v) is 12.6. The van der Waals surface area contributed by atoms with Crippen LogP contribution < -0.4 is 0 Å². The van der Waals surface area contributed by atoms with Gasteiger partial charge in [0.15, 0.2) is 0 Å². The van der Waals surface area contributed by atoms with Gasteiger partial charge in [-0.2, -0.15) is 0 Å². The Kier molecular flexibility index (Phi) is 4.86. The van der Waals surface area contributed by atoms with E-state index in [1.165, 1.54) is 57.8 Å². The number of allylic oxidation sites excluding steroid dienone is 2. The molecule has 0 amide bonds. The summed E-state index contributed by atoms with van der Waals surface area (Å²) in [5.74, 6) is 6.18. The number of methoxy groups -OCH3 is 1. The zero-order chi connectivity index (χ0) is 20.6. The zero-order valence-electron chi connectivity index (χ0n) is 20.0. The van der Waals surface area contributed by atoms with Crippen LogP contribution in [0.15, 0.2) is 12.2 Å². The number of ether oxygens (including phenoxy) is 1. The summed E-state index contributed by atoms with van der Waals surface area (Å²) in [6.07, 6.45) is 18.6. The molecule has 164 valence electrons. The minimum atomic E-state index is 0.547. The molecule has 5 aliphatic rings. The maximum Gasteiger partial charge on any atom is 0.0638 e. The predicted octanol–water partition coefficient (Wildman–Crippen LogP) is 7.51. The van der Waals surface area contributed by atoms with E-state index in [0.29, 0.717) is 22.3 Å². The summed E-state index contributed by atoms with van der Waals surface area (Å²) in [6.45, 7) is 12.6. The Morgan fingerprint density at radius 2 is 1.79 bits per heavy atom. The van der Waals surface area contributed by atoms with E-state index in [1.54, 1.807) is 0 Å². The van der Waals surface area contributed by atoms with E-state index >= 15 is 0 Å². The van der Waals surface area contributed by atoms with Crippen LogP contribution in [0.5, 0.6) is 0 Å². The van der Waals surface area contributed by atoms with Crippen molar-refractivity contribution in [3.63, 3.8) is 0 Å². The molecule has 5 saturated carbocycles. The van der Waals surface area contributed by atoms with E-state index in [-0.39, 0.29) is 0 Å². The zero-order valence-corrected chi connectivity index (χ0v) is 20.0. The molecule has 5 aliphatic carbocycles. The van der Waals surface area contributed by atoms with Gasteiger partial charge < -0.3 is 4.74 Å². The highest BCUT2D eigenvalue weighted by Crippen LogP contribution is 2.82. The first kappa shape index (κ1) is 20.6. The van der Waals surface area contributed by atoms with Crippen molar-refractivity contribution in [3.8, 4) is 0 Å². The van der Waals surface area contributed by atoms with Crippen molar-refractivity contribution in [3.05, 3.63) is 12.2 Å². The van der Waals surface area contributed by atoms with Crippen LogP contribution in [0.3, 0.4) is 0 Å². The molecular weight excluding hydrogens is 352 g/mol. The lowest BCUT2D eigenvalue weighted by Gasteiger charge is -2.61. The molecule has 0 aromatic heterocycles. The standard InChI is InChI=1S/C28H46O/c1-7-18(2)8-9-19(3)22-10-11-23-21-16-25(29-6)28-17-20(28)12-15-27(28,5)24(21)13-14-26(22,23)4/h8-9,18-25H,7,10-17H2,1-6H3/b9-8+/t18-,19-,20-,21+,22-,23+,24+,25-,26-,27-,28+/m1/s1. The lowest BCUT2D eigenvalue weighted by atomic mass is 9.45. The molecule has 11 atom stereocenters. The average molecular weight is 399 g/mol. The fraction of sp³-hybridized carbons (Fsp3) is 0.929. The maximum absolute atomic E-state index is 6.29. The summed E-state index contributed by atoms with van der Waals surface area (Å²) in [4.78, 5) is 0. The largest absolute Gasteiger partial charge is 0.381 e. The van der Waals surface area contributed by atoms with Gasteiger partial charge in [0.25, 0.3) is 0 Å². The Morgan fingerprint density at radius 3 is 2.48 bits per heavy atom. The van der Waals surface area contributed by atoms with Gasteiger partial charge in [0.2, 0.25) is 0 Å². The van der Waals surface area contributed by atoms with E-state index < -0.39 is 0 Å². The molecular formula is C28H46O. The summed E-state index contributed by atoms with van der Waals surface area (Å²) < 4.78 is 6.29. The van der Waals surface area contributed by atoms with Gasteiger partial charge in [0, 0.05) is 12.5 Å². The van der Waals surface area contributed by atoms with Crippen LogP contribution in [0.1, 0.15) is 92.4 Å². The number of fused-ring (bicyclic) bond motifs is 4. The normalized spacial score (nSPS) is 55.1. The van der Waals surface area contributed by atoms with Crippen LogP contribution in [0.4, 0.5) is 0 Å². The van der Waals surface area contributed by atoms with Crippen LogP contribution in [0, 0.1) is 57.7 Å². The lowest BCUT2D eigenvalue weighted by molar-refractivity contribution is -0.160. The molecule has 29 heavy (non-hydrogen) atoms. The van der Waals surface area contributed by atoms with Crippen molar-refractivity contribution in [2.45, 2.75) is 98.5 Å². The Balaban J connectivity index is 1.40. The Morgan fingerprint density at radius 1 is 1.00 bits per heavy atom. The van der Waals surface area contributed by atoms with Gasteiger partial charge in [0.05, 0.1) is 6.10 Å². The van der Waals surface area contributed by atoms with Gasteiger partial charge >= 0.3 is 0 Å². The molecule has 5 rings (SSSR count). The summed E-state index contributed by atoms with van der Waals surface area (Å²) >= 11 is 0. The SMILES string of the molecule is CC[C@@H](C)/C=C/[C@@H](C)[C@H]1CC[C@H]2[C@@H]3C[C@@H](OC)[C@]45C[C@H]4CC[C@]5(C)[C@H]3CC[C@]12C. The molecule has 0 bridgehead atoms. The van der Waals surface area contributed by atoms with E-state index in [1.807, 2.05) is 7.11 Å². The monoisotopic (exact) mass is 398 g/mol. The van der Waals surface area contributed by atoms with Gasteiger partial charge in [0.1, 0.15) is 0 Å². The Hall–Kier alpha value is -0.300. The molecule has 0 radical (unpaired) electrons. The first-order valence-electron chi connectivity index (χ1n) is 13.0. The number of hydrogen-bond donors (Lipinski definition) is 0. The summed E-state index contributed by atoms with van der Waals surface area (Å²) in [6, 6.07) is 0. The third kappa shape index (κ3) is 2.61. The Bertz CT molecular complexity index is 667. The van der Waals surface area contributed by atoms with E-state index in [2.05, 4.69) is 46.8 Å². The third-order valence-electron chi connectivity index (χ3n) is 11.9. The van der Waals surface area contributed by atoms with Gasteiger partial charge in [-0.1, -0.05) is 53.2 Å². The molecule has 0 heterocycles. The second-order valence-electron chi connectivity index (χ2n) is 12.6. The molecule has 0 aromatic carbocycles. The van der Waals surface area contributed by atoms with Gasteiger partial charge in [-0.3, -0.25) is 0 Å². The summed E-state index contributed by atoms with van der Waals surface area (Å²) in [5, 5.41) is 0. The minimum absolute atomic E-state index is 0.547. The fourth-order valence-corrected chi connectivity index (χ4v) is 10.1. The van der Waals surface area contributed by atoms with Crippen molar-refractivity contribution in [2.75, 3.05) is 7.11 Å². The number of rotatable bonds is 5. The smallest absolute Gasteiger partial charge is 0.0638 e. The quantitative estimate of drug-likeness (QED) is 0.435. The van der Waals surface area contributed by atoms with Crippen LogP contribution in [0.2, 0.25) is 0 Å². The van der Waals surface area contributed by atoms with Crippen LogP contribution in [-0.2, 0) is 4.74 Å². The molecule has 0 saturated heterocycles. The van der Waals surface area contributed by atoms with Crippen molar-refractivity contribution in [2.24, 2.45) is 57.7 Å². The first-order chi connectivity index (χ1) is 13.8. The molecule has 0 aromatic rings. The predicted molar refractivity (Wildman–Crippen MR) is 122 cm³/mol. The average Bonchev–Trinajstić information content (AvgIpc) is 3.22.